The Morgan fingerprint density at radius 1 is 1.14 bits per heavy atom. The zero-order chi connectivity index (χ0) is 20.8. The number of ether oxygens (including phenoxy) is 1. The lowest BCUT2D eigenvalue weighted by Gasteiger charge is -2.17. The maximum absolute atomic E-state index is 12.6. The monoisotopic (exact) mass is 412 g/mol. The molecule has 1 atom stereocenters. The molecule has 2 aromatic carbocycles. The summed E-state index contributed by atoms with van der Waals surface area (Å²) in [6.45, 7) is 3.75. The molecule has 2 N–H and O–H groups in total. The lowest BCUT2D eigenvalue weighted by atomic mass is 10.1. The highest BCUT2D eigenvalue weighted by atomic mass is 35.5. The van der Waals surface area contributed by atoms with E-state index in [-0.39, 0.29) is 18.4 Å². The molecular weight excluding hydrogens is 392 g/mol. The van der Waals surface area contributed by atoms with Crippen LogP contribution in [-0.2, 0) is 11.3 Å². The average molecular weight is 413 g/mol. The number of carbonyl (C=O) groups excluding carboxylic acids is 2. The second kappa shape index (κ2) is 9.30. The van der Waals surface area contributed by atoms with Crippen LogP contribution in [0, 0.1) is 6.92 Å². The number of para-hydroxylation sites is 1. The molecule has 1 unspecified atom stereocenters. The normalized spacial score (nSPS) is 11.6. The van der Waals surface area contributed by atoms with Crippen LogP contribution < -0.4 is 15.4 Å². The summed E-state index contributed by atoms with van der Waals surface area (Å²) in [4.78, 5) is 25.1. The molecule has 7 heteroatoms. The van der Waals surface area contributed by atoms with Gasteiger partial charge in [-0.1, -0.05) is 23.7 Å². The molecule has 29 heavy (non-hydrogen) atoms. The Bertz CT molecular complexity index is 1000. The molecule has 3 aromatic rings. The maximum atomic E-state index is 12.6. The Balaban J connectivity index is 1.66. The van der Waals surface area contributed by atoms with Gasteiger partial charge in [-0.15, -0.1) is 0 Å². The number of nitrogens with one attached hydrogen (secondary N) is 2. The van der Waals surface area contributed by atoms with E-state index in [2.05, 4.69) is 10.6 Å². The fourth-order valence-electron chi connectivity index (χ4n) is 2.69. The molecule has 150 valence electrons. The standard InChI is InChI=1S/C22H21ClN2O4/c1-14-12-16(23)9-10-20(14)29-15(2)21(26)25-19-8-4-3-7-18(19)22(27)24-13-17-6-5-11-28-17/h3-12,15H,13H2,1-2H3,(H,24,27)(H,25,26). The molecule has 0 spiro atoms. The van der Waals surface area contributed by atoms with Crippen molar-refractivity contribution in [3.8, 4) is 5.75 Å². The summed E-state index contributed by atoms with van der Waals surface area (Å²) in [6.07, 6.45) is 0.772. The first-order valence-corrected chi connectivity index (χ1v) is 9.45. The first-order chi connectivity index (χ1) is 13.9. The van der Waals surface area contributed by atoms with Crippen LogP contribution in [-0.4, -0.2) is 17.9 Å². The number of carbonyl (C=O) groups is 2. The van der Waals surface area contributed by atoms with Crippen LogP contribution in [0.5, 0.6) is 5.75 Å². The lowest BCUT2D eigenvalue weighted by molar-refractivity contribution is -0.122. The highest BCUT2D eigenvalue weighted by Crippen LogP contribution is 2.23. The summed E-state index contributed by atoms with van der Waals surface area (Å²) in [5.74, 6) is 0.520. The summed E-state index contributed by atoms with van der Waals surface area (Å²) in [5.41, 5.74) is 1.58. The topological polar surface area (TPSA) is 80.6 Å². The lowest BCUT2D eigenvalue weighted by Crippen LogP contribution is -2.31. The van der Waals surface area contributed by atoms with Crippen LogP contribution in [0.4, 0.5) is 5.69 Å². The summed E-state index contributed by atoms with van der Waals surface area (Å²) in [7, 11) is 0. The third-order valence-corrected chi connectivity index (χ3v) is 4.48. The summed E-state index contributed by atoms with van der Waals surface area (Å²) in [6, 6.07) is 15.5. The van der Waals surface area contributed by atoms with Crippen molar-refractivity contribution in [3.63, 3.8) is 0 Å². The number of hydrogen-bond acceptors (Lipinski definition) is 4. The van der Waals surface area contributed by atoms with Crippen LogP contribution in [0.1, 0.15) is 28.6 Å². The minimum absolute atomic E-state index is 0.253. The Labute approximate surface area is 173 Å². The predicted octanol–water partition coefficient (Wildman–Crippen LogP) is 4.58. The van der Waals surface area contributed by atoms with Crippen molar-refractivity contribution in [2.45, 2.75) is 26.5 Å². The SMILES string of the molecule is Cc1cc(Cl)ccc1OC(C)C(=O)Nc1ccccc1C(=O)NCc1ccco1. The van der Waals surface area contributed by atoms with Gasteiger partial charge in [-0.05, 0) is 61.9 Å². The van der Waals surface area contributed by atoms with Crippen LogP contribution in [0.25, 0.3) is 0 Å². The van der Waals surface area contributed by atoms with Gasteiger partial charge < -0.3 is 19.8 Å². The van der Waals surface area contributed by atoms with Gasteiger partial charge in [-0.2, -0.15) is 0 Å². The van der Waals surface area contributed by atoms with E-state index >= 15 is 0 Å². The maximum Gasteiger partial charge on any atom is 0.265 e. The molecule has 6 nitrogen and oxygen atoms in total. The zero-order valence-corrected chi connectivity index (χ0v) is 16.8. The molecule has 0 bridgehead atoms. The molecule has 0 aliphatic heterocycles. The molecule has 2 amide bonds. The molecule has 1 heterocycles. The molecule has 0 aliphatic rings. The highest BCUT2D eigenvalue weighted by Gasteiger charge is 2.19. The fraction of sp³-hybridized carbons (Fsp3) is 0.182. The van der Waals surface area contributed by atoms with Crippen molar-refractivity contribution in [2.75, 3.05) is 5.32 Å². The Morgan fingerprint density at radius 3 is 2.66 bits per heavy atom. The summed E-state index contributed by atoms with van der Waals surface area (Å²) in [5, 5.41) is 6.13. The van der Waals surface area contributed by atoms with Gasteiger partial charge in [0.25, 0.3) is 11.8 Å². The molecule has 0 saturated carbocycles. The van der Waals surface area contributed by atoms with E-state index in [1.807, 2.05) is 6.92 Å². The van der Waals surface area contributed by atoms with Gasteiger partial charge in [-0.25, -0.2) is 0 Å². The van der Waals surface area contributed by atoms with Crippen LogP contribution >= 0.6 is 11.6 Å². The largest absolute Gasteiger partial charge is 0.481 e. The van der Waals surface area contributed by atoms with Crippen molar-refractivity contribution in [3.05, 3.63) is 82.8 Å². The van der Waals surface area contributed by atoms with E-state index in [1.54, 1.807) is 67.8 Å². The van der Waals surface area contributed by atoms with Crippen molar-refractivity contribution >= 4 is 29.1 Å². The van der Waals surface area contributed by atoms with E-state index < -0.39 is 6.10 Å². The van der Waals surface area contributed by atoms with Crippen LogP contribution in [0.3, 0.4) is 0 Å². The number of aryl methyl sites for hydroxylation is 1. The predicted molar refractivity (Wildman–Crippen MR) is 111 cm³/mol. The van der Waals surface area contributed by atoms with Gasteiger partial charge in [0.05, 0.1) is 24.1 Å². The molecule has 3 rings (SSSR count). The highest BCUT2D eigenvalue weighted by molar-refractivity contribution is 6.30. The summed E-state index contributed by atoms with van der Waals surface area (Å²) >= 11 is 5.95. The van der Waals surface area contributed by atoms with E-state index in [1.165, 1.54) is 0 Å². The number of amides is 2. The van der Waals surface area contributed by atoms with E-state index in [0.29, 0.717) is 27.8 Å². The van der Waals surface area contributed by atoms with Gasteiger partial charge in [0.15, 0.2) is 6.10 Å². The van der Waals surface area contributed by atoms with Gasteiger partial charge >= 0.3 is 0 Å². The molecule has 0 saturated heterocycles. The number of benzene rings is 2. The van der Waals surface area contributed by atoms with Crippen LogP contribution in [0.2, 0.25) is 5.02 Å². The van der Waals surface area contributed by atoms with Gasteiger partial charge in [0.1, 0.15) is 11.5 Å². The summed E-state index contributed by atoms with van der Waals surface area (Å²) < 4.78 is 11.0. The fourth-order valence-corrected chi connectivity index (χ4v) is 2.92. The van der Waals surface area contributed by atoms with Crippen LogP contribution in [0.15, 0.2) is 65.3 Å². The first-order valence-electron chi connectivity index (χ1n) is 9.07. The number of hydrogen-bond donors (Lipinski definition) is 2. The molecule has 1 aromatic heterocycles. The number of rotatable bonds is 7. The van der Waals surface area contributed by atoms with Crippen molar-refractivity contribution in [1.82, 2.24) is 5.32 Å². The van der Waals surface area contributed by atoms with Gasteiger partial charge in [0, 0.05) is 5.02 Å². The second-order valence-electron chi connectivity index (χ2n) is 6.47. The Kier molecular flexibility index (Phi) is 6.57. The smallest absolute Gasteiger partial charge is 0.265 e. The van der Waals surface area contributed by atoms with Crippen molar-refractivity contribution < 1.29 is 18.7 Å². The second-order valence-corrected chi connectivity index (χ2v) is 6.90. The minimum atomic E-state index is -0.769. The Morgan fingerprint density at radius 2 is 1.93 bits per heavy atom. The number of furan rings is 1. The van der Waals surface area contributed by atoms with E-state index in [9.17, 15) is 9.59 Å². The number of anilines is 1. The minimum Gasteiger partial charge on any atom is -0.481 e. The van der Waals surface area contributed by atoms with Gasteiger partial charge in [0.2, 0.25) is 0 Å². The van der Waals surface area contributed by atoms with Crippen molar-refractivity contribution in [2.24, 2.45) is 0 Å². The van der Waals surface area contributed by atoms with E-state index in [0.717, 1.165) is 5.56 Å². The third-order valence-electron chi connectivity index (χ3n) is 4.24. The molecule has 0 radical (unpaired) electrons. The average Bonchev–Trinajstić information content (AvgIpc) is 3.22. The first kappa shape index (κ1) is 20.5. The Hall–Kier alpha value is -3.25. The molecule has 0 fully saturated rings. The van der Waals surface area contributed by atoms with Gasteiger partial charge in [-0.3, -0.25) is 9.59 Å². The zero-order valence-electron chi connectivity index (χ0n) is 16.1. The molecule has 0 aliphatic carbocycles. The molecular formula is C22H21ClN2O4. The number of halogens is 1. The van der Waals surface area contributed by atoms with E-state index in [4.69, 9.17) is 20.8 Å². The van der Waals surface area contributed by atoms with Crippen molar-refractivity contribution in [1.29, 1.82) is 0 Å². The quantitative estimate of drug-likeness (QED) is 0.595. The third kappa shape index (κ3) is 5.39.